The van der Waals surface area contributed by atoms with Crippen LogP contribution in [0, 0.1) is 5.82 Å². The molecule has 4 nitrogen and oxygen atoms in total. The van der Waals surface area contributed by atoms with E-state index in [0.29, 0.717) is 38.8 Å². The summed E-state index contributed by atoms with van der Waals surface area (Å²) in [5.41, 5.74) is 0.652. The zero-order valence-corrected chi connectivity index (χ0v) is 14.5. The van der Waals surface area contributed by atoms with Crippen LogP contribution in [0.3, 0.4) is 0 Å². The molecular weight excluding hydrogens is 333 g/mol. The predicted octanol–water partition coefficient (Wildman–Crippen LogP) is 3.40. The van der Waals surface area contributed by atoms with Gasteiger partial charge in [0.15, 0.2) is 0 Å². The number of rotatable bonds is 5. The van der Waals surface area contributed by atoms with Crippen LogP contribution >= 0.6 is 0 Å². The highest BCUT2D eigenvalue weighted by Gasteiger charge is 2.43. The van der Waals surface area contributed by atoms with Gasteiger partial charge in [-0.3, -0.25) is 9.59 Å². The van der Waals surface area contributed by atoms with E-state index in [9.17, 15) is 19.1 Å². The van der Waals surface area contributed by atoms with E-state index < -0.39 is 11.4 Å². The number of hydrogen-bond donors (Lipinski definition) is 1. The summed E-state index contributed by atoms with van der Waals surface area (Å²) in [6.45, 7) is 0.840. The molecule has 0 bridgehead atoms. The highest BCUT2D eigenvalue weighted by atomic mass is 19.1. The third-order valence-corrected chi connectivity index (χ3v) is 5.22. The first kappa shape index (κ1) is 18.1. The Labute approximate surface area is 152 Å². The van der Waals surface area contributed by atoms with Gasteiger partial charge in [0.25, 0.3) is 0 Å². The average molecular weight is 355 g/mol. The molecule has 0 atom stereocenters. The van der Waals surface area contributed by atoms with Crippen LogP contribution in [0.4, 0.5) is 4.39 Å². The topological polar surface area (TPSA) is 57.6 Å². The Kier molecular flexibility index (Phi) is 5.35. The smallest absolute Gasteiger partial charge is 0.314 e. The number of likely N-dealkylation sites (tertiary alicyclic amines) is 1. The lowest BCUT2D eigenvalue weighted by Crippen LogP contribution is -2.49. The van der Waals surface area contributed by atoms with Crippen LogP contribution in [0.15, 0.2) is 54.6 Å². The molecule has 1 heterocycles. The van der Waals surface area contributed by atoms with Crippen molar-refractivity contribution in [1.29, 1.82) is 0 Å². The first-order valence-corrected chi connectivity index (χ1v) is 8.82. The number of carbonyl (C=O) groups excluding carboxylic acids is 1. The summed E-state index contributed by atoms with van der Waals surface area (Å²) in [6.07, 6.45) is 1.58. The lowest BCUT2D eigenvalue weighted by Gasteiger charge is -2.39. The number of halogens is 1. The fraction of sp³-hybridized carbons (Fsp3) is 0.333. The molecule has 0 saturated carbocycles. The van der Waals surface area contributed by atoms with Gasteiger partial charge in [0.1, 0.15) is 5.82 Å². The van der Waals surface area contributed by atoms with Crippen molar-refractivity contribution in [1.82, 2.24) is 4.90 Å². The van der Waals surface area contributed by atoms with E-state index in [4.69, 9.17) is 0 Å². The fourth-order valence-corrected chi connectivity index (χ4v) is 3.62. The summed E-state index contributed by atoms with van der Waals surface area (Å²) >= 11 is 0. The van der Waals surface area contributed by atoms with Crippen molar-refractivity contribution in [2.45, 2.75) is 31.1 Å². The highest BCUT2D eigenvalue weighted by Crippen LogP contribution is 2.36. The summed E-state index contributed by atoms with van der Waals surface area (Å²) in [5.74, 6) is -1.15. The number of carbonyl (C=O) groups is 2. The Morgan fingerprint density at radius 1 is 1.04 bits per heavy atom. The van der Waals surface area contributed by atoms with Gasteiger partial charge < -0.3 is 10.0 Å². The lowest BCUT2D eigenvalue weighted by atomic mass is 9.73. The van der Waals surface area contributed by atoms with Crippen molar-refractivity contribution < 1.29 is 19.1 Å². The van der Waals surface area contributed by atoms with Crippen LogP contribution in [0.2, 0.25) is 0 Å². The summed E-state index contributed by atoms with van der Waals surface area (Å²) in [6, 6.07) is 15.5. The second kappa shape index (κ2) is 7.68. The van der Waals surface area contributed by atoms with E-state index >= 15 is 0 Å². The zero-order chi connectivity index (χ0) is 18.6. The standard InChI is InChI=1S/C21H22FNO3/c22-18-8-4-5-16(15-18)9-10-19(24)23-13-11-21(12-14-23,20(25)26)17-6-2-1-3-7-17/h1-8,15H,9-14H2,(H,25,26). The van der Waals surface area contributed by atoms with Crippen LogP contribution in [-0.2, 0) is 21.4 Å². The van der Waals surface area contributed by atoms with Crippen LogP contribution < -0.4 is 0 Å². The summed E-state index contributed by atoms with van der Waals surface area (Å²) in [4.78, 5) is 26.1. The molecule has 2 aromatic rings. The molecule has 0 radical (unpaired) electrons. The molecule has 0 spiro atoms. The third-order valence-electron chi connectivity index (χ3n) is 5.22. The number of nitrogens with zero attached hydrogens (tertiary/aromatic N) is 1. The number of aryl methyl sites for hydroxylation is 1. The molecule has 1 aliphatic rings. The average Bonchev–Trinajstić information content (AvgIpc) is 2.67. The molecule has 1 amide bonds. The molecule has 1 fully saturated rings. The molecule has 136 valence electrons. The van der Waals surface area contributed by atoms with Crippen molar-refractivity contribution in [2.75, 3.05) is 13.1 Å². The molecule has 26 heavy (non-hydrogen) atoms. The lowest BCUT2D eigenvalue weighted by molar-refractivity contribution is -0.148. The molecule has 2 aromatic carbocycles. The number of benzene rings is 2. The van der Waals surface area contributed by atoms with Crippen molar-refractivity contribution >= 4 is 11.9 Å². The summed E-state index contributed by atoms with van der Waals surface area (Å²) in [7, 11) is 0. The van der Waals surface area contributed by atoms with E-state index in [1.54, 1.807) is 17.0 Å². The zero-order valence-electron chi connectivity index (χ0n) is 14.5. The van der Waals surface area contributed by atoms with Gasteiger partial charge in [-0.2, -0.15) is 0 Å². The molecule has 0 unspecified atom stereocenters. The fourth-order valence-electron chi connectivity index (χ4n) is 3.62. The van der Waals surface area contributed by atoms with Crippen molar-refractivity contribution in [3.8, 4) is 0 Å². The Hall–Kier alpha value is -2.69. The minimum Gasteiger partial charge on any atom is -0.481 e. The van der Waals surface area contributed by atoms with Crippen LogP contribution in [-0.4, -0.2) is 35.0 Å². The SMILES string of the molecule is O=C(CCc1cccc(F)c1)N1CCC(C(=O)O)(c2ccccc2)CC1. The summed E-state index contributed by atoms with van der Waals surface area (Å²) in [5, 5.41) is 9.81. The second-order valence-electron chi connectivity index (χ2n) is 6.76. The third kappa shape index (κ3) is 3.77. The van der Waals surface area contributed by atoms with Gasteiger partial charge in [-0.05, 0) is 42.5 Å². The molecule has 0 aromatic heterocycles. The molecule has 5 heteroatoms. The Morgan fingerprint density at radius 3 is 2.35 bits per heavy atom. The van der Waals surface area contributed by atoms with Gasteiger partial charge in [0.05, 0.1) is 5.41 Å². The van der Waals surface area contributed by atoms with E-state index in [-0.39, 0.29) is 11.7 Å². The Balaban J connectivity index is 1.62. The monoisotopic (exact) mass is 355 g/mol. The summed E-state index contributed by atoms with van der Waals surface area (Å²) < 4.78 is 13.2. The molecular formula is C21H22FNO3. The van der Waals surface area contributed by atoms with E-state index in [2.05, 4.69) is 0 Å². The molecule has 1 saturated heterocycles. The second-order valence-corrected chi connectivity index (χ2v) is 6.76. The molecule has 0 aliphatic carbocycles. The molecule has 3 rings (SSSR count). The predicted molar refractivity (Wildman–Crippen MR) is 96.3 cm³/mol. The number of hydrogen-bond acceptors (Lipinski definition) is 2. The number of aliphatic carboxylic acids is 1. The minimum atomic E-state index is -0.930. The van der Waals surface area contributed by atoms with Gasteiger partial charge in [0.2, 0.25) is 5.91 Å². The number of amides is 1. The van der Waals surface area contributed by atoms with Crippen LogP contribution in [0.25, 0.3) is 0 Å². The Morgan fingerprint density at radius 2 is 1.73 bits per heavy atom. The largest absolute Gasteiger partial charge is 0.481 e. The van der Waals surface area contributed by atoms with E-state index in [1.807, 2.05) is 30.3 Å². The van der Waals surface area contributed by atoms with Crippen molar-refractivity contribution in [2.24, 2.45) is 0 Å². The number of piperidine rings is 1. The van der Waals surface area contributed by atoms with Crippen molar-refractivity contribution in [3.63, 3.8) is 0 Å². The van der Waals surface area contributed by atoms with Gasteiger partial charge in [-0.1, -0.05) is 42.5 Å². The maximum absolute atomic E-state index is 13.2. The van der Waals surface area contributed by atoms with Gasteiger partial charge in [0, 0.05) is 19.5 Å². The first-order valence-electron chi connectivity index (χ1n) is 8.82. The number of carboxylic acid groups (broad SMARTS) is 1. The van der Waals surface area contributed by atoms with E-state index in [1.165, 1.54) is 12.1 Å². The van der Waals surface area contributed by atoms with Crippen LogP contribution in [0.5, 0.6) is 0 Å². The number of carboxylic acids is 1. The van der Waals surface area contributed by atoms with Crippen molar-refractivity contribution in [3.05, 3.63) is 71.5 Å². The first-order chi connectivity index (χ1) is 12.5. The van der Waals surface area contributed by atoms with Gasteiger partial charge in [-0.15, -0.1) is 0 Å². The molecule has 1 aliphatic heterocycles. The van der Waals surface area contributed by atoms with Gasteiger partial charge in [-0.25, -0.2) is 4.39 Å². The van der Waals surface area contributed by atoms with Crippen LogP contribution in [0.1, 0.15) is 30.4 Å². The minimum absolute atomic E-state index is 0.0127. The van der Waals surface area contributed by atoms with Gasteiger partial charge >= 0.3 is 5.97 Å². The Bertz CT molecular complexity index is 783. The maximum Gasteiger partial charge on any atom is 0.314 e. The molecule has 1 N–H and O–H groups in total. The normalized spacial score (nSPS) is 16.3. The van der Waals surface area contributed by atoms with E-state index in [0.717, 1.165) is 11.1 Å². The maximum atomic E-state index is 13.2. The quantitative estimate of drug-likeness (QED) is 0.894. The highest BCUT2D eigenvalue weighted by molar-refractivity contribution is 5.82.